The second-order valence-corrected chi connectivity index (χ2v) is 4.54. The van der Waals surface area contributed by atoms with Crippen molar-refractivity contribution in [3.63, 3.8) is 0 Å². The lowest BCUT2D eigenvalue weighted by Crippen LogP contribution is -2.35. The molecule has 2 heterocycles. The average Bonchev–Trinajstić information content (AvgIpc) is 2.41. The van der Waals surface area contributed by atoms with Gasteiger partial charge >= 0.3 is 10.3 Å². The lowest BCUT2D eigenvalue weighted by Gasteiger charge is -2.19. The minimum atomic E-state index is -3.89. The van der Waals surface area contributed by atoms with Gasteiger partial charge in [-0.15, -0.1) is 0 Å². The normalized spacial score (nSPS) is 17.7. The maximum Gasteiger partial charge on any atom is 0.433 e. The molecule has 0 N–H and O–H groups in total. The number of fused-ring (bicyclic) bond motifs is 1. The quantitative estimate of drug-likeness (QED) is 0.605. The fourth-order valence-electron chi connectivity index (χ4n) is 1.21. The summed E-state index contributed by atoms with van der Waals surface area (Å²) < 4.78 is 32.0. The predicted molar refractivity (Wildman–Crippen MR) is 53.0 cm³/mol. The second kappa shape index (κ2) is 2.96. The molecule has 0 spiro atoms. The van der Waals surface area contributed by atoms with Crippen molar-refractivity contribution in [1.29, 1.82) is 0 Å². The van der Waals surface area contributed by atoms with Gasteiger partial charge < -0.3 is 9.08 Å². The molecule has 1 aromatic rings. The van der Waals surface area contributed by atoms with E-state index in [-0.39, 0.29) is 11.8 Å². The van der Waals surface area contributed by atoms with Crippen LogP contribution in [-0.4, -0.2) is 43.2 Å². The third-order valence-corrected chi connectivity index (χ3v) is 2.54. The first-order valence-electron chi connectivity index (χ1n) is 4.18. The molecule has 7 nitrogen and oxygen atoms in total. The number of nitrogens with zero attached hydrogens (tertiary/aromatic N) is 4. The largest absolute Gasteiger partial charge is 0.433 e. The van der Waals surface area contributed by atoms with Crippen LogP contribution >= 0.6 is 0 Å². The van der Waals surface area contributed by atoms with Gasteiger partial charge in [-0.25, -0.2) is 0 Å². The van der Waals surface area contributed by atoms with Crippen LogP contribution in [0.15, 0.2) is 10.5 Å². The molecule has 8 heteroatoms. The van der Waals surface area contributed by atoms with Crippen molar-refractivity contribution in [2.75, 3.05) is 14.1 Å². The molecule has 0 radical (unpaired) electrons. The summed E-state index contributed by atoms with van der Waals surface area (Å²) in [7, 11) is -0.530. The zero-order valence-electron chi connectivity index (χ0n) is 8.50. The summed E-state index contributed by atoms with van der Waals surface area (Å²) in [5, 5.41) is 4.07. The summed E-state index contributed by atoms with van der Waals surface area (Å²) in [6.07, 6.45) is 0. The predicted octanol–water partition coefficient (Wildman–Crippen LogP) is -0.406. The molecule has 0 unspecified atom stereocenters. The molecule has 0 bridgehead atoms. The van der Waals surface area contributed by atoms with E-state index >= 15 is 0 Å². The Balaban J connectivity index is 2.64. The molecular formula is C7H10N4O3S. The molecule has 2 rings (SSSR count). The molecular weight excluding hydrogens is 220 g/mol. The molecule has 0 amide bonds. The Morgan fingerprint density at radius 3 is 2.73 bits per heavy atom. The first-order chi connectivity index (χ1) is 6.89. The third-order valence-electron chi connectivity index (χ3n) is 1.77. The zero-order valence-corrected chi connectivity index (χ0v) is 9.32. The third kappa shape index (κ3) is 1.67. The van der Waals surface area contributed by atoms with Crippen molar-refractivity contribution in [3.05, 3.63) is 11.8 Å². The maximum atomic E-state index is 11.3. The number of aryl methyl sites for hydroxylation is 1. The van der Waals surface area contributed by atoms with Crippen LogP contribution < -0.4 is 4.18 Å². The van der Waals surface area contributed by atoms with Crippen LogP contribution in [0.5, 0.6) is 5.88 Å². The summed E-state index contributed by atoms with van der Waals surface area (Å²) in [6.45, 7) is 1.74. The molecule has 1 aliphatic heterocycles. The standard InChI is InChI=1S/C7H10N4O3S/c1-5-4-6-11(8-5)7(10(2)3)9-15(12,13)14-6/h4H,1-3H3. The van der Waals surface area contributed by atoms with E-state index in [1.165, 1.54) is 10.7 Å². The Hall–Kier alpha value is -1.57. The van der Waals surface area contributed by atoms with E-state index in [9.17, 15) is 8.42 Å². The van der Waals surface area contributed by atoms with E-state index in [2.05, 4.69) is 13.7 Å². The summed E-state index contributed by atoms with van der Waals surface area (Å²) >= 11 is 0. The summed E-state index contributed by atoms with van der Waals surface area (Å²) in [6, 6.07) is 1.54. The van der Waals surface area contributed by atoms with E-state index < -0.39 is 10.3 Å². The average molecular weight is 230 g/mol. The van der Waals surface area contributed by atoms with E-state index in [4.69, 9.17) is 0 Å². The molecule has 1 aliphatic rings. The fourth-order valence-corrected chi connectivity index (χ4v) is 2.03. The number of hydrogen-bond acceptors (Lipinski definition) is 5. The Morgan fingerprint density at radius 1 is 1.47 bits per heavy atom. The zero-order chi connectivity index (χ0) is 11.2. The second-order valence-electron chi connectivity index (χ2n) is 3.33. The molecule has 0 aliphatic carbocycles. The van der Waals surface area contributed by atoms with Gasteiger partial charge in [-0.3, -0.25) is 0 Å². The van der Waals surface area contributed by atoms with Crippen LogP contribution in [0, 0.1) is 6.92 Å². The smallest absolute Gasteiger partial charge is 0.346 e. The SMILES string of the molecule is Cc1cc2n(n1)C(N(C)C)=NS(=O)(=O)O2. The van der Waals surface area contributed by atoms with Crippen molar-refractivity contribution in [3.8, 4) is 5.88 Å². The van der Waals surface area contributed by atoms with Gasteiger partial charge in [0.05, 0.1) is 5.69 Å². The molecule has 0 atom stereocenters. The van der Waals surface area contributed by atoms with Crippen LogP contribution in [0.25, 0.3) is 0 Å². The molecule has 82 valence electrons. The highest BCUT2D eigenvalue weighted by molar-refractivity contribution is 7.86. The van der Waals surface area contributed by atoms with Crippen LogP contribution in [-0.2, 0) is 10.3 Å². The Labute approximate surface area is 87.2 Å². The van der Waals surface area contributed by atoms with Gasteiger partial charge in [0.25, 0.3) is 0 Å². The summed E-state index contributed by atoms with van der Waals surface area (Å²) in [4.78, 5) is 1.55. The van der Waals surface area contributed by atoms with Gasteiger partial charge in [-0.1, -0.05) is 4.40 Å². The molecule has 15 heavy (non-hydrogen) atoms. The Bertz CT molecular complexity index is 528. The van der Waals surface area contributed by atoms with Gasteiger partial charge in [0.15, 0.2) is 0 Å². The van der Waals surface area contributed by atoms with E-state index in [0.29, 0.717) is 5.69 Å². The first-order valence-corrected chi connectivity index (χ1v) is 5.54. The first kappa shape index (κ1) is 9.97. The lowest BCUT2D eigenvalue weighted by molar-refractivity contribution is 0.447. The van der Waals surface area contributed by atoms with E-state index in [1.54, 1.807) is 25.9 Å². The topological polar surface area (TPSA) is 76.8 Å². The van der Waals surface area contributed by atoms with Crippen LogP contribution in [0.3, 0.4) is 0 Å². The fraction of sp³-hybridized carbons (Fsp3) is 0.429. The lowest BCUT2D eigenvalue weighted by atomic mass is 10.5. The highest BCUT2D eigenvalue weighted by atomic mass is 32.2. The highest BCUT2D eigenvalue weighted by Gasteiger charge is 2.27. The Kier molecular flexibility index (Phi) is 1.97. The maximum absolute atomic E-state index is 11.3. The monoisotopic (exact) mass is 230 g/mol. The molecule has 1 aromatic heterocycles. The van der Waals surface area contributed by atoms with Crippen molar-refractivity contribution in [2.24, 2.45) is 4.40 Å². The van der Waals surface area contributed by atoms with Gasteiger partial charge in [-0.2, -0.15) is 18.2 Å². The van der Waals surface area contributed by atoms with Gasteiger partial charge in [0.2, 0.25) is 11.8 Å². The van der Waals surface area contributed by atoms with Crippen molar-refractivity contribution in [2.45, 2.75) is 6.92 Å². The molecule has 0 fully saturated rings. The van der Waals surface area contributed by atoms with Crippen LogP contribution in [0.4, 0.5) is 0 Å². The summed E-state index contributed by atoms with van der Waals surface area (Å²) in [5.41, 5.74) is 0.664. The Morgan fingerprint density at radius 2 is 2.13 bits per heavy atom. The van der Waals surface area contributed by atoms with Gasteiger partial charge in [0.1, 0.15) is 0 Å². The minimum Gasteiger partial charge on any atom is -0.346 e. The minimum absolute atomic E-state index is 0.159. The molecule has 0 aromatic carbocycles. The van der Waals surface area contributed by atoms with Crippen molar-refractivity contribution >= 4 is 16.3 Å². The van der Waals surface area contributed by atoms with Crippen molar-refractivity contribution < 1.29 is 12.6 Å². The van der Waals surface area contributed by atoms with E-state index in [1.807, 2.05) is 0 Å². The highest BCUT2D eigenvalue weighted by Crippen LogP contribution is 2.20. The molecule has 0 saturated carbocycles. The molecule has 0 saturated heterocycles. The van der Waals surface area contributed by atoms with Crippen LogP contribution in [0.2, 0.25) is 0 Å². The number of hydrogen-bond donors (Lipinski definition) is 0. The van der Waals surface area contributed by atoms with Gasteiger partial charge in [-0.05, 0) is 6.92 Å². The van der Waals surface area contributed by atoms with Crippen LogP contribution in [0.1, 0.15) is 5.69 Å². The summed E-state index contributed by atoms with van der Waals surface area (Å²) in [5.74, 6) is 0.371. The van der Waals surface area contributed by atoms with E-state index in [0.717, 1.165) is 0 Å². The number of aromatic nitrogens is 2. The van der Waals surface area contributed by atoms with Gasteiger partial charge in [0, 0.05) is 20.2 Å². The van der Waals surface area contributed by atoms with Crippen molar-refractivity contribution in [1.82, 2.24) is 14.7 Å². The number of rotatable bonds is 0.